The standard InChI is InChI=1S/C29H44N6O4/c36-27(23-6-2-1-3-7-23)31-25-22-24(28(37)33-12-4-10-30-11-15-33)8-9-26(25)32-13-5-14-34(17-16-32)29(38)35-18-20-39-21-19-35/h8-9,22-23,30H,1-7,10-21H2,(H,31,36). The number of rotatable bonds is 4. The van der Waals surface area contributed by atoms with Gasteiger partial charge in [0.2, 0.25) is 5.91 Å². The lowest BCUT2D eigenvalue weighted by Crippen LogP contribution is -2.49. The number of nitrogens with one attached hydrogen (secondary N) is 2. The molecule has 1 aliphatic carbocycles. The number of morpholine rings is 1. The zero-order chi connectivity index (χ0) is 27.0. The van der Waals surface area contributed by atoms with Crippen LogP contribution in [0.4, 0.5) is 16.2 Å². The summed E-state index contributed by atoms with van der Waals surface area (Å²) in [4.78, 5) is 47.8. The Morgan fingerprint density at radius 3 is 2.36 bits per heavy atom. The molecule has 39 heavy (non-hydrogen) atoms. The summed E-state index contributed by atoms with van der Waals surface area (Å²) in [5, 5.41) is 6.58. The van der Waals surface area contributed by atoms with Crippen molar-refractivity contribution in [2.75, 3.05) is 88.9 Å². The van der Waals surface area contributed by atoms with Crippen LogP contribution in [-0.2, 0) is 9.53 Å². The summed E-state index contributed by atoms with van der Waals surface area (Å²) < 4.78 is 5.41. The fourth-order valence-electron chi connectivity index (χ4n) is 6.18. The highest BCUT2D eigenvalue weighted by Gasteiger charge is 2.28. The van der Waals surface area contributed by atoms with Crippen molar-refractivity contribution in [3.05, 3.63) is 23.8 Å². The first-order valence-electron chi connectivity index (χ1n) is 14.9. The molecule has 3 saturated heterocycles. The van der Waals surface area contributed by atoms with Crippen LogP contribution in [0.5, 0.6) is 0 Å². The molecule has 0 bridgehead atoms. The van der Waals surface area contributed by atoms with E-state index in [0.29, 0.717) is 63.7 Å². The number of hydrogen-bond donors (Lipinski definition) is 2. The van der Waals surface area contributed by atoms with Gasteiger partial charge in [0.05, 0.1) is 24.6 Å². The Hall–Kier alpha value is -2.85. The molecule has 214 valence electrons. The van der Waals surface area contributed by atoms with Crippen molar-refractivity contribution in [3.63, 3.8) is 0 Å². The summed E-state index contributed by atoms with van der Waals surface area (Å²) in [5.41, 5.74) is 2.24. The molecule has 10 nitrogen and oxygen atoms in total. The van der Waals surface area contributed by atoms with Crippen LogP contribution in [0, 0.1) is 5.92 Å². The first-order chi connectivity index (χ1) is 19.1. The predicted molar refractivity (Wildman–Crippen MR) is 151 cm³/mol. The highest BCUT2D eigenvalue weighted by Crippen LogP contribution is 2.31. The molecule has 1 aromatic carbocycles. The SMILES string of the molecule is O=C(Nc1cc(C(=O)N2CCCNCC2)ccc1N1CCCN(C(=O)N2CCOCC2)CC1)C1CCCCC1. The molecule has 4 aliphatic rings. The van der Waals surface area contributed by atoms with E-state index in [4.69, 9.17) is 4.74 Å². The Kier molecular flexibility index (Phi) is 9.58. The minimum absolute atomic E-state index is 0.0107. The molecular formula is C29H44N6O4. The van der Waals surface area contributed by atoms with E-state index in [0.717, 1.165) is 70.4 Å². The number of carbonyl (C=O) groups is 3. The van der Waals surface area contributed by atoms with Crippen LogP contribution >= 0.6 is 0 Å². The number of ether oxygens (including phenoxy) is 1. The molecule has 0 radical (unpaired) electrons. The summed E-state index contributed by atoms with van der Waals surface area (Å²) in [6.45, 7) is 8.37. The molecule has 0 aromatic heterocycles. The third-order valence-electron chi connectivity index (χ3n) is 8.49. The van der Waals surface area contributed by atoms with Crippen molar-refractivity contribution in [1.82, 2.24) is 20.0 Å². The third-order valence-corrected chi connectivity index (χ3v) is 8.49. The Labute approximate surface area is 232 Å². The molecule has 1 saturated carbocycles. The molecule has 2 N–H and O–H groups in total. The second kappa shape index (κ2) is 13.5. The summed E-state index contributed by atoms with van der Waals surface area (Å²) in [6, 6.07) is 5.84. The van der Waals surface area contributed by atoms with Gasteiger partial charge in [-0.1, -0.05) is 19.3 Å². The average molecular weight is 541 g/mol. The van der Waals surface area contributed by atoms with Gasteiger partial charge in [-0.05, 0) is 50.4 Å². The van der Waals surface area contributed by atoms with E-state index >= 15 is 0 Å². The highest BCUT2D eigenvalue weighted by atomic mass is 16.5. The van der Waals surface area contributed by atoms with Crippen molar-refractivity contribution >= 4 is 29.2 Å². The second-order valence-corrected chi connectivity index (χ2v) is 11.2. The topological polar surface area (TPSA) is 97.5 Å². The van der Waals surface area contributed by atoms with Crippen molar-refractivity contribution in [1.29, 1.82) is 0 Å². The van der Waals surface area contributed by atoms with Gasteiger partial charge in [0.1, 0.15) is 0 Å². The van der Waals surface area contributed by atoms with E-state index in [-0.39, 0.29) is 23.8 Å². The number of benzene rings is 1. The van der Waals surface area contributed by atoms with Crippen LogP contribution in [0.1, 0.15) is 55.3 Å². The van der Waals surface area contributed by atoms with Gasteiger partial charge in [-0.2, -0.15) is 0 Å². The number of urea groups is 1. The minimum Gasteiger partial charge on any atom is -0.378 e. The molecular weight excluding hydrogens is 496 g/mol. The average Bonchev–Trinajstić information content (AvgIpc) is 3.41. The van der Waals surface area contributed by atoms with Gasteiger partial charge in [-0.3, -0.25) is 9.59 Å². The lowest BCUT2D eigenvalue weighted by atomic mass is 9.88. The van der Waals surface area contributed by atoms with Crippen molar-refractivity contribution in [2.24, 2.45) is 5.92 Å². The maximum Gasteiger partial charge on any atom is 0.320 e. The lowest BCUT2D eigenvalue weighted by molar-refractivity contribution is -0.120. The van der Waals surface area contributed by atoms with Crippen LogP contribution < -0.4 is 15.5 Å². The van der Waals surface area contributed by atoms with Crippen molar-refractivity contribution < 1.29 is 19.1 Å². The summed E-state index contributed by atoms with van der Waals surface area (Å²) in [6.07, 6.45) is 6.98. The first-order valence-corrected chi connectivity index (χ1v) is 14.9. The zero-order valence-electron chi connectivity index (χ0n) is 23.2. The molecule has 4 amide bonds. The zero-order valence-corrected chi connectivity index (χ0v) is 23.2. The van der Waals surface area contributed by atoms with Crippen LogP contribution in [-0.4, -0.2) is 111 Å². The van der Waals surface area contributed by atoms with E-state index in [2.05, 4.69) is 15.5 Å². The van der Waals surface area contributed by atoms with Crippen LogP contribution in [0.25, 0.3) is 0 Å². The number of anilines is 2. The molecule has 3 aliphatic heterocycles. The summed E-state index contributed by atoms with van der Waals surface area (Å²) in [5.74, 6) is 0.0865. The van der Waals surface area contributed by atoms with E-state index in [9.17, 15) is 14.4 Å². The second-order valence-electron chi connectivity index (χ2n) is 11.2. The van der Waals surface area contributed by atoms with Gasteiger partial charge >= 0.3 is 6.03 Å². The molecule has 0 spiro atoms. The van der Waals surface area contributed by atoms with Gasteiger partial charge in [-0.25, -0.2) is 4.79 Å². The smallest absolute Gasteiger partial charge is 0.320 e. The molecule has 4 fully saturated rings. The maximum absolute atomic E-state index is 13.4. The third kappa shape index (κ3) is 7.03. The summed E-state index contributed by atoms with van der Waals surface area (Å²) in [7, 11) is 0. The fraction of sp³-hybridized carbons (Fsp3) is 0.690. The predicted octanol–water partition coefficient (Wildman–Crippen LogP) is 2.61. The van der Waals surface area contributed by atoms with Gasteiger partial charge in [0, 0.05) is 70.4 Å². The molecule has 0 unspecified atom stereocenters. The Morgan fingerprint density at radius 1 is 0.769 bits per heavy atom. The van der Waals surface area contributed by atoms with Crippen LogP contribution in [0.3, 0.4) is 0 Å². The van der Waals surface area contributed by atoms with E-state index < -0.39 is 0 Å². The van der Waals surface area contributed by atoms with E-state index in [1.807, 2.05) is 32.9 Å². The van der Waals surface area contributed by atoms with Crippen LogP contribution in [0.15, 0.2) is 18.2 Å². The Balaban J connectivity index is 1.34. The molecule has 10 heteroatoms. The largest absolute Gasteiger partial charge is 0.378 e. The quantitative estimate of drug-likeness (QED) is 0.610. The monoisotopic (exact) mass is 540 g/mol. The summed E-state index contributed by atoms with van der Waals surface area (Å²) >= 11 is 0. The van der Waals surface area contributed by atoms with Crippen molar-refractivity contribution in [2.45, 2.75) is 44.9 Å². The molecule has 3 heterocycles. The van der Waals surface area contributed by atoms with Gasteiger partial charge in [0.25, 0.3) is 5.91 Å². The van der Waals surface area contributed by atoms with Crippen molar-refractivity contribution in [3.8, 4) is 0 Å². The highest BCUT2D eigenvalue weighted by molar-refractivity contribution is 6.00. The molecule has 1 aromatic rings. The number of amides is 4. The van der Waals surface area contributed by atoms with Gasteiger partial charge in [0.15, 0.2) is 0 Å². The van der Waals surface area contributed by atoms with E-state index in [1.165, 1.54) is 6.42 Å². The maximum atomic E-state index is 13.4. The Morgan fingerprint density at radius 2 is 1.54 bits per heavy atom. The molecule has 0 atom stereocenters. The van der Waals surface area contributed by atoms with E-state index in [1.54, 1.807) is 0 Å². The molecule has 5 rings (SSSR count). The fourth-order valence-corrected chi connectivity index (χ4v) is 6.18. The first kappa shape index (κ1) is 27.7. The Bertz CT molecular complexity index is 999. The lowest BCUT2D eigenvalue weighted by Gasteiger charge is -2.32. The van der Waals surface area contributed by atoms with Crippen LogP contribution in [0.2, 0.25) is 0 Å². The van der Waals surface area contributed by atoms with Gasteiger partial charge in [-0.15, -0.1) is 0 Å². The minimum atomic E-state index is 0.0107. The normalized spacial score (nSPS) is 21.7. The number of nitrogens with zero attached hydrogens (tertiary/aromatic N) is 4. The van der Waals surface area contributed by atoms with Gasteiger partial charge < -0.3 is 35.0 Å². The number of hydrogen-bond acceptors (Lipinski definition) is 6. The number of carbonyl (C=O) groups excluding carboxylic acids is 3.